The highest BCUT2D eigenvalue weighted by Crippen LogP contribution is 2.36. The van der Waals surface area contributed by atoms with Crippen LogP contribution in [0.1, 0.15) is 60.5 Å². The molecule has 1 aliphatic heterocycles. The van der Waals surface area contributed by atoms with Crippen molar-refractivity contribution in [1.82, 2.24) is 4.98 Å². The number of pyridine rings is 1. The van der Waals surface area contributed by atoms with Gasteiger partial charge in [-0.3, -0.25) is 0 Å². The van der Waals surface area contributed by atoms with Gasteiger partial charge in [-0.1, -0.05) is 20.8 Å². The van der Waals surface area contributed by atoms with E-state index in [1.165, 1.54) is 0 Å². The average Bonchev–Trinajstić information content (AvgIpc) is 2.72. The molecule has 0 bridgehead atoms. The monoisotopic (exact) mass is 344 g/mol. The van der Waals surface area contributed by atoms with Crippen molar-refractivity contribution in [3.05, 3.63) is 17.8 Å². The van der Waals surface area contributed by atoms with Gasteiger partial charge in [0.1, 0.15) is 11.6 Å². The molecule has 0 aromatic carbocycles. The van der Waals surface area contributed by atoms with E-state index in [1.54, 1.807) is 12.3 Å². The van der Waals surface area contributed by atoms with Crippen molar-refractivity contribution >= 4 is 12.6 Å². The first kappa shape index (κ1) is 19.7. The molecule has 2 heterocycles. The summed E-state index contributed by atoms with van der Waals surface area (Å²) < 4.78 is 17.8. The van der Waals surface area contributed by atoms with E-state index in [1.807, 2.05) is 27.7 Å². The van der Waals surface area contributed by atoms with Gasteiger partial charge in [-0.25, -0.2) is 4.98 Å². The fraction of sp³-hybridized carbons (Fsp3) is 0.684. The molecule has 1 aromatic heterocycles. The van der Waals surface area contributed by atoms with Gasteiger partial charge in [0.05, 0.1) is 17.8 Å². The Morgan fingerprint density at radius 2 is 1.80 bits per heavy atom. The van der Waals surface area contributed by atoms with Crippen molar-refractivity contribution in [3.63, 3.8) is 0 Å². The molecule has 0 amide bonds. The molecule has 6 heteroatoms. The van der Waals surface area contributed by atoms with Gasteiger partial charge >= 0.3 is 7.12 Å². The Bertz CT molecular complexity index is 637. The second-order valence-electron chi connectivity index (χ2n) is 8.37. The van der Waals surface area contributed by atoms with Crippen molar-refractivity contribution in [2.75, 3.05) is 6.61 Å². The van der Waals surface area contributed by atoms with Crippen molar-refractivity contribution in [2.24, 2.45) is 11.8 Å². The van der Waals surface area contributed by atoms with Crippen LogP contribution >= 0.6 is 0 Å². The van der Waals surface area contributed by atoms with Gasteiger partial charge in [-0.15, -0.1) is 0 Å². The number of ether oxygens (including phenoxy) is 1. The minimum Gasteiger partial charge on any atom is -0.476 e. The molecule has 1 aliphatic rings. The smallest absolute Gasteiger partial charge is 0.476 e. The Labute approximate surface area is 151 Å². The summed E-state index contributed by atoms with van der Waals surface area (Å²) in [5.74, 6) is 1.40. The van der Waals surface area contributed by atoms with E-state index in [0.29, 0.717) is 29.9 Å². The predicted molar refractivity (Wildman–Crippen MR) is 98.8 cm³/mol. The molecular weight excluding hydrogens is 315 g/mol. The van der Waals surface area contributed by atoms with Crippen molar-refractivity contribution < 1.29 is 14.0 Å². The zero-order valence-corrected chi connectivity index (χ0v) is 16.4. The molecule has 0 aliphatic carbocycles. The molecule has 1 aromatic rings. The Morgan fingerprint density at radius 3 is 2.32 bits per heavy atom. The van der Waals surface area contributed by atoms with E-state index < -0.39 is 18.3 Å². The van der Waals surface area contributed by atoms with Crippen LogP contribution in [-0.4, -0.2) is 29.9 Å². The Hall–Kier alpha value is -1.58. The van der Waals surface area contributed by atoms with E-state index in [0.717, 1.165) is 11.9 Å². The Balaban J connectivity index is 2.11. The molecule has 0 N–H and O–H groups in total. The lowest BCUT2D eigenvalue weighted by molar-refractivity contribution is 0.00578. The zero-order chi connectivity index (χ0) is 18.8. The lowest BCUT2D eigenvalue weighted by atomic mass is 9.80. The van der Waals surface area contributed by atoms with Crippen LogP contribution in [0.5, 0.6) is 5.88 Å². The minimum absolute atomic E-state index is 0.373. The molecule has 5 nitrogen and oxygen atoms in total. The van der Waals surface area contributed by atoms with E-state index in [4.69, 9.17) is 14.0 Å². The third kappa shape index (κ3) is 4.53. The largest absolute Gasteiger partial charge is 0.496 e. The summed E-state index contributed by atoms with van der Waals surface area (Å²) in [5.41, 5.74) is 0.291. The highest BCUT2D eigenvalue weighted by Gasteiger charge is 2.51. The van der Waals surface area contributed by atoms with Crippen LogP contribution in [0.4, 0.5) is 0 Å². The number of nitrogens with zero attached hydrogens (tertiary/aromatic N) is 2. The molecule has 1 atom stereocenters. The molecule has 0 radical (unpaired) electrons. The van der Waals surface area contributed by atoms with Crippen LogP contribution in [-0.2, 0) is 9.31 Å². The lowest BCUT2D eigenvalue weighted by Gasteiger charge is -2.32. The van der Waals surface area contributed by atoms with Gasteiger partial charge in [-0.2, -0.15) is 5.26 Å². The molecule has 0 unspecified atom stereocenters. The average molecular weight is 344 g/mol. The second-order valence-corrected chi connectivity index (χ2v) is 8.37. The lowest BCUT2D eigenvalue weighted by Crippen LogP contribution is -2.41. The predicted octanol–water partition coefficient (Wildman–Crippen LogP) is 3.31. The number of hydrogen-bond donors (Lipinski definition) is 0. The second kappa shape index (κ2) is 7.35. The van der Waals surface area contributed by atoms with E-state index in [-0.39, 0.29) is 0 Å². The van der Waals surface area contributed by atoms with Gasteiger partial charge in [-0.05, 0) is 52.0 Å². The fourth-order valence-corrected chi connectivity index (χ4v) is 2.87. The van der Waals surface area contributed by atoms with Crippen LogP contribution < -0.4 is 10.2 Å². The molecule has 136 valence electrons. The summed E-state index contributed by atoms with van der Waals surface area (Å²) in [7, 11) is -0.529. The maximum Gasteiger partial charge on any atom is 0.496 e. The Morgan fingerprint density at radius 1 is 1.20 bits per heavy atom. The summed E-state index contributed by atoms with van der Waals surface area (Å²) in [6, 6.07) is 3.91. The first-order chi connectivity index (χ1) is 11.6. The van der Waals surface area contributed by atoms with Gasteiger partial charge in [0.25, 0.3) is 0 Å². The topological polar surface area (TPSA) is 64.4 Å². The molecule has 0 saturated carbocycles. The van der Waals surface area contributed by atoms with Crippen molar-refractivity contribution in [2.45, 2.75) is 66.1 Å². The Kier molecular flexibility index (Phi) is 5.80. The third-order valence-corrected chi connectivity index (χ3v) is 4.90. The van der Waals surface area contributed by atoms with Gasteiger partial charge < -0.3 is 14.0 Å². The first-order valence-corrected chi connectivity index (χ1v) is 8.94. The normalized spacial score (nSPS) is 19.7. The van der Waals surface area contributed by atoms with E-state index in [2.05, 4.69) is 31.8 Å². The van der Waals surface area contributed by atoms with Gasteiger partial charge in [0.15, 0.2) is 0 Å². The van der Waals surface area contributed by atoms with E-state index >= 15 is 0 Å². The SMILES string of the molecule is CC(C)C[C@@H](C)COc1ncc(B2OC(C)(C)C(C)(C)O2)cc1C#N. The molecular formula is C19H29BN2O3. The van der Waals surface area contributed by atoms with Crippen LogP contribution in [0.15, 0.2) is 12.3 Å². The number of nitriles is 1. The van der Waals surface area contributed by atoms with Gasteiger partial charge in [0, 0.05) is 11.7 Å². The van der Waals surface area contributed by atoms with Crippen molar-refractivity contribution in [1.29, 1.82) is 5.26 Å². The molecule has 25 heavy (non-hydrogen) atoms. The maximum absolute atomic E-state index is 9.45. The fourth-order valence-electron chi connectivity index (χ4n) is 2.87. The van der Waals surface area contributed by atoms with Gasteiger partial charge in [0.2, 0.25) is 5.88 Å². The van der Waals surface area contributed by atoms with Crippen molar-refractivity contribution in [3.8, 4) is 11.9 Å². The first-order valence-electron chi connectivity index (χ1n) is 8.94. The minimum atomic E-state index is -0.529. The summed E-state index contributed by atoms with van der Waals surface area (Å²) in [6.07, 6.45) is 2.75. The summed E-state index contributed by atoms with van der Waals surface area (Å²) in [5, 5.41) is 9.45. The molecule has 1 fully saturated rings. The number of rotatable bonds is 6. The summed E-state index contributed by atoms with van der Waals surface area (Å²) >= 11 is 0. The summed E-state index contributed by atoms with van der Waals surface area (Å²) in [4.78, 5) is 4.34. The van der Waals surface area contributed by atoms with Crippen LogP contribution in [0.3, 0.4) is 0 Å². The summed E-state index contributed by atoms with van der Waals surface area (Å²) in [6.45, 7) is 15.1. The number of hydrogen-bond acceptors (Lipinski definition) is 5. The van der Waals surface area contributed by atoms with E-state index in [9.17, 15) is 5.26 Å². The number of aromatic nitrogens is 1. The zero-order valence-electron chi connectivity index (χ0n) is 16.4. The highest BCUT2D eigenvalue weighted by molar-refractivity contribution is 6.62. The molecule has 2 rings (SSSR count). The molecule has 0 spiro atoms. The standard InChI is InChI=1S/C19H29BN2O3/c1-13(2)8-14(3)12-23-17-15(10-21)9-16(11-22-17)20-24-18(4,5)19(6,7)25-20/h9,11,13-14H,8,12H2,1-7H3/t14-/m1/s1. The quantitative estimate of drug-likeness (QED) is 0.741. The third-order valence-electron chi connectivity index (χ3n) is 4.90. The highest BCUT2D eigenvalue weighted by atomic mass is 16.7. The molecule has 1 saturated heterocycles. The van der Waals surface area contributed by atoms with Crippen LogP contribution in [0.2, 0.25) is 0 Å². The maximum atomic E-state index is 9.45. The van der Waals surface area contributed by atoms with Crippen LogP contribution in [0, 0.1) is 23.2 Å². The van der Waals surface area contributed by atoms with Crippen LogP contribution in [0.25, 0.3) is 0 Å².